The van der Waals surface area contributed by atoms with Crippen LogP contribution in [-0.2, 0) is 33.1 Å². The molecule has 0 radical (unpaired) electrons. The Bertz CT molecular complexity index is 936. The van der Waals surface area contributed by atoms with E-state index in [4.69, 9.17) is 14.2 Å². The maximum Gasteiger partial charge on any atom is 0.351 e. The van der Waals surface area contributed by atoms with Gasteiger partial charge in [-0.2, -0.15) is 9.97 Å². The summed E-state index contributed by atoms with van der Waals surface area (Å²) in [6, 6.07) is 19.5. The molecule has 0 aliphatic carbocycles. The van der Waals surface area contributed by atoms with Crippen LogP contribution in [0.5, 0.6) is 6.01 Å². The third-order valence-corrected chi connectivity index (χ3v) is 4.87. The molecule has 162 valence electrons. The van der Waals surface area contributed by atoms with Gasteiger partial charge >= 0.3 is 12.0 Å². The SMILES string of the molecule is COC(=O)[C@@H](Oc1nc(CO)cc(CO)n1)C(OC)(c1ccccc1)c1ccccc1. The lowest BCUT2D eigenvalue weighted by Gasteiger charge is -2.38. The summed E-state index contributed by atoms with van der Waals surface area (Å²) in [6.45, 7) is -0.775. The molecule has 3 rings (SSSR count). The Morgan fingerprint density at radius 2 is 1.39 bits per heavy atom. The standard InChI is InChI=1S/C23H24N2O6/c1-29-21(28)20(31-22-24-18(14-26)13-19(15-27)25-22)23(30-2,16-9-5-3-6-10-16)17-11-7-4-8-12-17/h3-13,20,26-27H,14-15H2,1-2H3/t20-/m1/s1. The fourth-order valence-corrected chi connectivity index (χ4v) is 3.44. The lowest BCUT2D eigenvalue weighted by Crippen LogP contribution is -2.51. The molecule has 0 unspecified atom stereocenters. The fraction of sp³-hybridized carbons (Fsp3) is 0.261. The molecule has 1 heterocycles. The van der Waals surface area contributed by atoms with Gasteiger partial charge in [0, 0.05) is 7.11 Å². The molecule has 0 saturated carbocycles. The number of hydrogen-bond acceptors (Lipinski definition) is 8. The van der Waals surface area contributed by atoms with Crippen LogP contribution in [0.15, 0.2) is 66.7 Å². The first-order valence-electron chi connectivity index (χ1n) is 9.58. The van der Waals surface area contributed by atoms with Gasteiger partial charge in [0.2, 0.25) is 6.10 Å². The molecule has 0 bridgehead atoms. The van der Waals surface area contributed by atoms with E-state index in [1.54, 1.807) is 0 Å². The number of aliphatic hydroxyl groups is 2. The lowest BCUT2D eigenvalue weighted by molar-refractivity contribution is -0.164. The molecule has 8 heteroatoms. The van der Waals surface area contributed by atoms with Crippen molar-refractivity contribution in [3.8, 4) is 6.01 Å². The third kappa shape index (κ3) is 4.56. The number of rotatable bonds is 9. The summed E-state index contributed by atoms with van der Waals surface area (Å²) in [5.41, 5.74) is 0.382. The first kappa shape index (κ1) is 22.4. The quantitative estimate of drug-likeness (QED) is 0.502. The van der Waals surface area contributed by atoms with Crippen LogP contribution in [0.25, 0.3) is 0 Å². The van der Waals surface area contributed by atoms with Crippen molar-refractivity contribution in [2.24, 2.45) is 0 Å². The predicted octanol–water partition coefficient (Wildman–Crippen LogP) is 1.97. The van der Waals surface area contributed by atoms with E-state index < -0.39 is 17.7 Å². The van der Waals surface area contributed by atoms with Crippen LogP contribution in [0.1, 0.15) is 22.5 Å². The van der Waals surface area contributed by atoms with Crippen LogP contribution in [0.3, 0.4) is 0 Å². The summed E-state index contributed by atoms with van der Waals surface area (Å²) < 4.78 is 17.0. The Kier molecular flexibility index (Phi) is 7.30. The highest BCUT2D eigenvalue weighted by Crippen LogP contribution is 2.38. The van der Waals surface area contributed by atoms with E-state index in [9.17, 15) is 15.0 Å². The van der Waals surface area contributed by atoms with Gasteiger partial charge in [-0.25, -0.2) is 4.79 Å². The third-order valence-electron chi connectivity index (χ3n) is 4.87. The van der Waals surface area contributed by atoms with Gasteiger partial charge in [-0.3, -0.25) is 0 Å². The number of aliphatic hydroxyl groups excluding tert-OH is 2. The average Bonchev–Trinajstić information content (AvgIpc) is 2.84. The van der Waals surface area contributed by atoms with Gasteiger partial charge in [0.25, 0.3) is 0 Å². The van der Waals surface area contributed by atoms with Crippen LogP contribution in [-0.4, -0.2) is 46.5 Å². The highest BCUT2D eigenvalue weighted by Gasteiger charge is 2.50. The number of methoxy groups -OCH3 is 2. The van der Waals surface area contributed by atoms with Gasteiger partial charge in [0.15, 0.2) is 5.60 Å². The van der Waals surface area contributed by atoms with E-state index in [0.717, 1.165) is 0 Å². The summed E-state index contributed by atoms with van der Waals surface area (Å²) >= 11 is 0. The molecule has 1 atom stereocenters. The zero-order valence-corrected chi connectivity index (χ0v) is 17.3. The molecule has 0 aliphatic rings. The van der Waals surface area contributed by atoms with Gasteiger partial charge < -0.3 is 24.4 Å². The van der Waals surface area contributed by atoms with Crippen molar-refractivity contribution in [1.29, 1.82) is 0 Å². The second kappa shape index (κ2) is 10.1. The summed E-state index contributed by atoms with van der Waals surface area (Å²) in [6.07, 6.45) is -1.34. The first-order chi connectivity index (χ1) is 15.1. The lowest BCUT2D eigenvalue weighted by atomic mass is 9.81. The number of carbonyl (C=O) groups is 1. The second-order valence-electron chi connectivity index (χ2n) is 6.64. The number of ether oxygens (including phenoxy) is 3. The van der Waals surface area contributed by atoms with Gasteiger partial charge in [-0.05, 0) is 17.2 Å². The van der Waals surface area contributed by atoms with Crippen molar-refractivity contribution in [2.45, 2.75) is 24.9 Å². The Balaban J connectivity index is 2.21. The van der Waals surface area contributed by atoms with E-state index in [2.05, 4.69) is 9.97 Å². The number of esters is 1. The number of carbonyl (C=O) groups excluding carboxylic acids is 1. The van der Waals surface area contributed by atoms with Crippen LogP contribution in [0, 0.1) is 0 Å². The molecule has 0 fully saturated rings. The number of benzene rings is 2. The van der Waals surface area contributed by atoms with E-state index >= 15 is 0 Å². The topological polar surface area (TPSA) is 111 Å². The molecule has 1 aromatic heterocycles. The second-order valence-corrected chi connectivity index (χ2v) is 6.64. The number of hydrogen-bond donors (Lipinski definition) is 2. The van der Waals surface area contributed by atoms with Gasteiger partial charge in [0.05, 0.1) is 31.7 Å². The van der Waals surface area contributed by atoms with Crippen molar-refractivity contribution in [3.63, 3.8) is 0 Å². The summed E-state index contributed by atoms with van der Waals surface area (Å²) in [5, 5.41) is 19.0. The minimum Gasteiger partial charge on any atom is -0.466 e. The Morgan fingerprint density at radius 1 is 0.903 bits per heavy atom. The highest BCUT2D eigenvalue weighted by atomic mass is 16.6. The van der Waals surface area contributed by atoms with Crippen molar-refractivity contribution in [3.05, 3.63) is 89.2 Å². The van der Waals surface area contributed by atoms with Gasteiger partial charge in [-0.15, -0.1) is 0 Å². The molecule has 3 aromatic rings. The summed E-state index contributed by atoms with van der Waals surface area (Å²) in [4.78, 5) is 21.3. The zero-order chi connectivity index (χ0) is 22.3. The molecule has 2 aromatic carbocycles. The average molecular weight is 424 g/mol. The largest absolute Gasteiger partial charge is 0.466 e. The van der Waals surface area contributed by atoms with Crippen molar-refractivity contribution < 1.29 is 29.2 Å². The Hall–Kier alpha value is -3.33. The van der Waals surface area contributed by atoms with Crippen LogP contribution in [0.2, 0.25) is 0 Å². The summed E-state index contributed by atoms with van der Waals surface area (Å²) in [5.74, 6) is -0.710. The molecular formula is C23H24N2O6. The molecule has 0 amide bonds. The minimum absolute atomic E-state index is 0.195. The van der Waals surface area contributed by atoms with E-state index in [1.807, 2.05) is 60.7 Å². The number of aromatic nitrogens is 2. The minimum atomic E-state index is -1.40. The molecule has 31 heavy (non-hydrogen) atoms. The smallest absolute Gasteiger partial charge is 0.351 e. The highest BCUT2D eigenvalue weighted by molar-refractivity contribution is 5.78. The summed E-state index contributed by atoms with van der Waals surface area (Å²) in [7, 11) is 2.72. The molecule has 2 N–H and O–H groups in total. The molecule has 0 aliphatic heterocycles. The first-order valence-corrected chi connectivity index (χ1v) is 9.58. The Morgan fingerprint density at radius 3 is 1.77 bits per heavy atom. The molecular weight excluding hydrogens is 400 g/mol. The Labute approximate surface area is 180 Å². The van der Waals surface area contributed by atoms with Crippen LogP contribution in [0.4, 0.5) is 0 Å². The van der Waals surface area contributed by atoms with E-state index in [1.165, 1.54) is 20.3 Å². The van der Waals surface area contributed by atoms with E-state index in [-0.39, 0.29) is 30.6 Å². The van der Waals surface area contributed by atoms with Crippen molar-refractivity contribution in [2.75, 3.05) is 14.2 Å². The van der Waals surface area contributed by atoms with Gasteiger partial charge in [-0.1, -0.05) is 60.7 Å². The molecule has 8 nitrogen and oxygen atoms in total. The zero-order valence-electron chi connectivity index (χ0n) is 17.3. The van der Waals surface area contributed by atoms with E-state index in [0.29, 0.717) is 11.1 Å². The van der Waals surface area contributed by atoms with Gasteiger partial charge in [0.1, 0.15) is 0 Å². The van der Waals surface area contributed by atoms with Crippen molar-refractivity contribution >= 4 is 5.97 Å². The predicted molar refractivity (Wildman–Crippen MR) is 111 cm³/mol. The maximum atomic E-state index is 13.0. The van der Waals surface area contributed by atoms with Crippen molar-refractivity contribution in [1.82, 2.24) is 9.97 Å². The maximum absolute atomic E-state index is 13.0. The molecule has 0 saturated heterocycles. The van der Waals surface area contributed by atoms with Crippen LogP contribution >= 0.6 is 0 Å². The normalized spacial score (nSPS) is 12.3. The van der Waals surface area contributed by atoms with Crippen LogP contribution < -0.4 is 4.74 Å². The molecule has 0 spiro atoms. The number of nitrogens with zero attached hydrogens (tertiary/aromatic N) is 2. The monoisotopic (exact) mass is 424 g/mol. The fourth-order valence-electron chi connectivity index (χ4n) is 3.44.